The molecule has 1 fully saturated rings. The fourth-order valence-corrected chi connectivity index (χ4v) is 2.83. The van der Waals surface area contributed by atoms with Gasteiger partial charge in [0, 0.05) is 17.5 Å². The zero-order valence-electron chi connectivity index (χ0n) is 12.4. The lowest BCUT2D eigenvalue weighted by Gasteiger charge is -2.35. The van der Waals surface area contributed by atoms with Gasteiger partial charge in [-0.15, -0.1) is 0 Å². The third-order valence-electron chi connectivity index (χ3n) is 4.15. The number of Topliss-reactive ketones (excluding diaryl/α,β-unsaturated/α-hetero) is 1. The minimum Gasteiger partial charge on any atom is -0.302 e. The largest absolute Gasteiger partial charge is 0.302 e. The molecule has 19 heavy (non-hydrogen) atoms. The molecule has 2 nitrogen and oxygen atoms in total. The van der Waals surface area contributed by atoms with Gasteiger partial charge in [0.1, 0.15) is 0 Å². The highest BCUT2D eigenvalue weighted by atomic mass is 16.1. The van der Waals surface area contributed by atoms with Gasteiger partial charge in [-0.05, 0) is 31.8 Å². The molecule has 0 radical (unpaired) electrons. The fraction of sp³-hybridized carbons (Fsp3) is 0.588. The van der Waals surface area contributed by atoms with E-state index in [0.29, 0.717) is 0 Å². The first kappa shape index (κ1) is 14.3. The number of ketones is 1. The van der Waals surface area contributed by atoms with Crippen molar-refractivity contribution >= 4 is 5.78 Å². The van der Waals surface area contributed by atoms with Gasteiger partial charge in [0.15, 0.2) is 5.78 Å². The topological polar surface area (TPSA) is 20.3 Å². The first-order chi connectivity index (χ1) is 8.99. The van der Waals surface area contributed by atoms with Crippen molar-refractivity contribution < 1.29 is 4.79 Å². The summed E-state index contributed by atoms with van der Waals surface area (Å²) in [5.41, 5.74) is 0.528. The van der Waals surface area contributed by atoms with Crippen molar-refractivity contribution in [1.82, 2.24) is 4.90 Å². The molecule has 0 atom stereocenters. The van der Waals surface area contributed by atoms with Crippen LogP contribution in [0.3, 0.4) is 0 Å². The van der Waals surface area contributed by atoms with Crippen LogP contribution in [0.15, 0.2) is 30.3 Å². The zero-order chi connectivity index (χ0) is 13.9. The summed E-state index contributed by atoms with van der Waals surface area (Å²) >= 11 is 0. The third-order valence-corrected chi connectivity index (χ3v) is 4.15. The van der Waals surface area contributed by atoms with E-state index in [1.165, 1.54) is 12.8 Å². The van der Waals surface area contributed by atoms with Crippen LogP contribution in [0, 0.1) is 11.3 Å². The van der Waals surface area contributed by atoms with Crippen LogP contribution in [-0.4, -0.2) is 30.3 Å². The first-order valence-corrected chi connectivity index (χ1v) is 7.31. The summed E-state index contributed by atoms with van der Waals surface area (Å²) < 4.78 is 0. The molecule has 0 spiro atoms. The molecule has 0 saturated carbocycles. The molecule has 0 unspecified atom stereocenters. The van der Waals surface area contributed by atoms with Crippen LogP contribution < -0.4 is 0 Å². The normalized spacial score (nSPS) is 18.5. The molecular weight excluding hydrogens is 234 g/mol. The Labute approximate surface area is 116 Å². The molecule has 1 saturated heterocycles. The summed E-state index contributed by atoms with van der Waals surface area (Å²) in [6.45, 7) is 9.59. The standard InChI is InChI=1S/C17H25NO/c1-14-9-11-18(12-10-14)13-17(2,3)16(19)15-7-5-4-6-8-15/h4-8,14H,9-13H2,1-3H3. The van der Waals surface area contributed by atoms with Crippen LogP contribution >= 0.6 is 0 Å². The van der Waals surface area contributed by atoms with Gasteiger partial charge in [0.25, 0.3) is 0 Å². The van der Waals surface area contributed by atoms with Crippen LogP contribution in [0.5, 0.6) is 0 Å². The van der Waals surface area contributed by atoms with E-state index in [0.717, 1.165) is 31.1 Å². The van der Waals surface area contributed by atoms with E-state index in [4.69, 9.17) is 0 Å². The highest BCUT2D eigenvalue weighted by Gasteiger charge is 2.31. The van der Waals surface area contributed by atoms with Gasteiger partial charge in [0.05, 0.1) is 0 Å². The van der Waals surface area contributed by atoms with Gasteiger partial charge in [-0.2, -0.15) is 0 Å². The summed E-state index contributed by atoms with van der Waals surface area (Å²) in [4.78, 5) is 15.0. The number of nitrogens with zero attached hydrogens (tertiary/aromatic N) is 1. The van der Waals surface area contributed by atoms with Crippen molar-refractivity contribution in [3.05, 3.63) is 35.9 Å². The molecule has 0 bridgehead atoms. The van der Waals surface area contributed by atoms with E-state index in [1.54, 1.807) is 0 Å². The lowest BCUT2D eigenvalue weighted by molar-refractivity contribution is 0.0725. The third kappa shape index (κ3) is 3.66. The molecule has 0 aliphatic carbocycles. The molecule has 1 aliphatic rings. The van der Waals surface area contributed by atoms with Crippen LogP contribution in [0.2, 0.25) is 0 Å². The number of piperidine rings is 1. The summed E-state index contributed by atoms with van der Waals surface area (Å²) in [6.07, 6.45) is 2.52. The fourth-order valence-electron chi connectivity index (χ4n) is 2.83. The second-order valence-corrected chi connectivity index (χ2v) is 6.54. The number of hydrogen-bond acceptors (Lipinski definition) is 2. The van der Waals surface area contributed by atoms with Crippen LogP contribution in [0.4, 0.5) is 0 Å². The Morgan fingerprint density at radius 2 is 1.79 bits per heavy atom. The summed E-state index contributed by atoms with van der Waals surface area (Å²) in [6, 6.07) is 9.66. The maximum Gasteiger partial charge on any atom is 0.169 e. The van der Waals surface area contributed by atoms with Gasteiger partial charge in [-0.1, -0.05) is 51.1 Å². The minimum atomic E-state index is -0.304. The van der Waals surface area contributed by atoms with Crippen molar-refractivity contribution in [2.45, 2.75) is 33.6 Å². The smallest absolute Gasteiger partial charge is 0.169 e. The maximum absolute atomic E-state index is 12.6. The molecule has 1 heterocycles. The molecule has 0 aromatic heterocycles. The van der Waals surface area contributed by atoms with Crippen molar-refractivity contribution in [3.8, 4) is 0 Å². The van der Waals surface area contributed by atoms with E-state index in [-0.39, 0.29) is 11.2 Å². The Hall–Kier alpha value is -1.15. The van der Waals surface area contributed by atoms with E-state index in [9.17, 15) is 4.79 Å². The lowest BCUT2D eigenvalue weighted by atomic mass is 9.83. The Balaban J connectivity index is 2.00. The van der Waals surface area contributed by atoms with Crippen molar-refractivity contribution in [1.29, 1.82) is 0 Å². The minimum absolute atomic E-state index is 0.256. The number of benzene rings is 1. The summed E-state index contributed by atoms with van der Waals surface area (Å²) in [5, 5.41) is 0. The maximum atomic E-state index is 12.6. The highest BCUT2D eigenvalue weighted by molar-refractivity contribution is 6.00. The predicted molar refractivity (Wildman–Crippen MR) is 79.4 cm³/mol. The summed E-state index contributed by atoms with van der Waals surface area (Å²) in [5.74, 6) is 1.09. The van der Waals surface area contributed by atoms with Crippen molar-refractivity contribution in [2.24, 2.45) is 11.3 Å². The molecule has 1 aliphatic heterocycles. The Kier molecular flexibility index (Phi) is 4.41. The average Bonchev–Trinajstić information content (AvgIpc) is 2.41. The van der Waals surface area contributed by atoms with E-state index >= 15 is 0 Å². The Morgan fingerprint density at radius 3 is 2.37 bits per heavy atom. The van der Waals surface area contributed by atoms with Gasteiger partial charge in [0.2, 0.25) is 0 Å². The van der Waals surface area contributed by atoms with Gasteiger partial charge < -0.3 is 4.90 Å². The SMILES string of the molecule is CC1CCN(CC(C)(C)C(=O)c2ccccc2)CC1. The van der Waals surface area contributed by atoms with Gasteiger partial charge >= 0.3 is 0 Å². The molecule has 1 aromatic carbocycles. The molecule has 0 amide bonds. The van der Waals surface area contributed by atoms with Crippen LogP contribution in [-0.2, 0) is 0 Å². The van der Waals surface area contributed by atoms with Crippen LogP contribution in [0.1, 0.15) is 44.0 Å². The number of carbonyl (C=O) groups is 1. The quantitative estimate of drug-likeness (QED) is 0.770. The molecule has 104 valence electrons. The van der Waals surface area contributed by atoms with E-state index < -0.39 is 0 Å². The van der Waals surface area contributed by atoms with E-state index in [2.05, 4.69) is 25.7 Å². The molecular formula is C17H25NO. The average molecular weight is 259 g/mol. The Bertz CT molecular complexity index is 416. The van der Waals surface area contributed by atoms with Crippen molar-refractivity contribution in [3.63, 3.8) is 0 Å². The lowest BCUT2D eigenvalue weighted by Crippen LogP contribution is -2.42. The monoisotopic (exact) mass is 259 g/mol. The molecule has 1 aromatic rings. The van der Waals surface area contributed by atoms with Crippen molar-refractivity contribution in [2.75, 3.05) is 19.6 Å². The van der Waals surface area contributed by atoms with Gasteiger partial charge in [-0.25, -0.2) is 0 Å². The first-order valence-electron chi connectivity index (χ1n) is 7.31. The molecule has 0 N–H and O–H groups in total. The second kappa shape index (κ2) is 5.87. The second-order valence-electron chi connectivity index (χ2n) is 6.54. The van der Waals surface area contributed by atoms with Gasteiger partial charge in [-0.3, -0.25) is 4.79 Å². The number of hydrogen-bond donors (Lipinski definition) is 0. The number of rotatable bonds is 4. The van der Waals surface area contributed by atoms with E-state index in [1.807, 2.05) is 30.3 Å². The summed E-state index contributed by atoms with van der Waals surface area (Å²) in [7, 11) is 0. The molecule has 2 rings (SSSR count). The van der Waals surface area contributed by atoms with Crippen LogP contribution in [0.25, 0.3) is 0 Å². The molecule has 2 heteroatoms. The number of likely N-dealkylation sites (tertiary alicyclic amines) is 1. The number of carbonyl (C=O) groups excluding carboxylic acids is 1. The predicted octanol–water partition coefficient (Wildman–Crippen LogP) is 3.63. The Morgan fingerprint density at radius 1 is 1.21 bits per heavy atom. The highest BCUT2D eigenvalue weighted by Crippen LogP contribution is 2.26. The zero-order valence-corrected chi connectivity index (χ0v) is 12.4.